The summed E-state index contributed by atoms with van der Waals surface area (Å²) < 4.78 is 0. The Kier molecular flexibility index (Phi) is 6.78. The van der Waals surface area contributed by atoms with Crippen LogP contribution >= 0.6 is 0 Å². The molecule has 1 N–H and O–H groups in total. The Balaban J connectivity index is 2.33. The van der Waals surface area contributed by atoms with Crippen molar-refractivity contribution in [1.29, 1.82) is 0 Å². The Morgan fingerprint density at radius 2 is 1.95 bits per heavy atom. The summed E-state index contributed by atoms with van der Waals surface area (Å²) in [6.45, 7) is 22.3. The summed E-state index contributed by atoms with van der Waals surface area (Å²) in [7, 11) is 0. The molecule has 1 fully saturated rings. The minimum absolute atomic E-state index is 0.364. The van der Waals surface area contributed by atoms with E-state index in [4.69, 9.17) is 0 Å². The highest BCUT2D eigenvalue weighted by Gasteiger charge is 2.27. The molecule has 1 aliphatic rings. The van der Waals surface area contributed by atoms with Crippen molar-refractivity contribution in [2.45, 2.75) is 47.6 Å². The highest BCUT2D eigenvalue weighted by atomic mass is 15.3. The molecule has 1 unspecified atom stereocenters. The molecule has 1 saturated heterocycles. The first-order valence-electron chi connectivity index (χ1n) is 8.01. The molecule has 0 bridgehead atoms. The lowest BCUT2D eigenvalue weighted by Gasteiger charge is -2.42. The molecule has 114 valence electrons. The second-order valence-electron chi connectivity index (χ2n) is 7.40. The highest BCUT2D eigenvalue weighted by Crippen LogP contribution is 2.19. The van der Waals surface area contributed by atoms with Gasteiger partial charge in [0.05, 0.1) is 0 Å². The first-order chi connectivity index (χ1) is 8.84. The Hall–Kier alpha value is -0.120. The van der Waals surface area contributed by atoms with Crippen LogP contribution in [0.1, 0.15) is 41.5 Å². The first kappa shape index (κ1) is 16.9. The van der Waals surface area contributed by atoms with Crippen molar-refractivity contribution in [3.8, 4) is 0 Å². The zero-order valence-electron chi connectivity index (χ0n) is 14.0. The second-order valence-corrected chi connectivity index (χ2v) is 7.40. The molecule has 19 heavy (non-hydrogen) atoms. The largest absolute Gasteiger partial charge is 0.316 e. The van der Waals surface area contributed by atoms with Crippen molar-refractivity contribution in [2.24, 2.45) is 11.3 Å². The van der Waals surface area contributed by atoms with E-state index in [0.29, 0.717) is 11.5 Å². The number of nitrogens with zero attached hydrogens (tertiary/aromatic N) is 2. The van der Waals surface area contributed by atoms with E-state index < -0.39 is 0 Å². The number of hydrogen-bond acceptors (Lipinski definition) is 3. The number of hydrogen-bond donors (Lipinski definition) is 1. The minimum atomic E-state index is 0.364. The standard InChI is InChI=1S/C16H35N3/c1-7-19-9-8-18(11-15(19)4)13-16(5,6)12-17-10-14(2)3/h14-15,17H,7-13H2,1-6H3. The van der Waals surface area contributed by atoms with Crippen molar-refractivity contribution in [1.82, 2.24) is 15.1 Å². The molecule has 0 aromatic rings. The number of nitrogens with one attached hydrogen (secondary N) is 1. The van der Waals surface area contributed by atoms with Gasteiger partial charge in [0.15, 0.2) is 0 Å². The van der Waals surface area contributed by atoms with Crippen LogP contribution in [0, 0.1) is 11.3 Å². The molecule has 0 aromatic carbocycles. The van der Waals surface area contributed by atoms with Gasteiger partial charge in [-0.1, -0.05) is 34.6 Å². The molecule has 0 radical (unpaired) electrons. The van der Waals surface area contributed by atoms with Crippen LogP contribution in [0.15, 0.2) is 0 Å². The molecule has 3 nitrogen and oxygen atoms in total. The fourth-order valence-corrected chi connectivity index (χ4v) is 3.04. The Morgan fingerprint density at radius 1 is 1.26 bits per heavy atom. The van der Waals surface area contributed by atoms with Gasteiger partial charge in [-0.15, -0.1) is 0 Å². The van der Waals surface area contributed by atoms with E-state index in [1.54, 1.807) is 0 Å². The summed E-state index contributed by atoms with van der Waals surface area (Å²) in [5.74, 6) is 0.740. The van der Waals surface area contributed by atoms with Gasteiger partial charge in [0.25, 0.3) is 0 Å². The van der Waals surface area contributed by atoms with Crippen molar-refractivity contribution < 1.29 is 0 Å². The maximum atomic E-state index is 3.61. The van der Waals surface area contributed by atoms with Gasteiger partial charge in [-0.2, -0.15) is 0 Å². The zero-order chi connectivity index (χ0) is 14.5. The van der Waals surface area contributed by atoms with Gasteiger partial charge in [-0.05, 0) is 31.3 Å². The summed E-state index contributed by atoms with van der Waals surface area (Å²) >= 11 is 0. The monoisotopic (exact) mass is 269 g/mol. The van der Waals surface area contributed by atoms with Crippen LogP contribution in [0.25, 0.3) is 0 Å². The van der Waals surface area contributed by atoms with E-state index in [2.05, 4.69) is 56.7 Å². The van der Waals surface area contributed by atoms with Crippen LogP contribution in [-0.2, 0) is 0 Å². The van der Waals surface area contributed by atoms with Crippen LogP contribution in [0.2, 0.25) is 0 Å². The smallest absolute Gasteiger partial charge is 0.0195 e. The number of piperazine rings is 1. The fourth-order valence-electron chi connectivity index (χ4n) is 3.04. The van der Waals surface area contributed by atoms with Gasteiger partial charge in [-0.25, -0.2) is 0 Å². The van der Waals surface area contributed by atoms with Gasteiger partial charge < -0.3 is 5.32 Å². The van der Waals surface area contributed by atoms with Crippen LogP contribution in [0.4, 0.5) is 0 Å². The van der Waals surface area contributed by atoms with Gasteiger partial charge in [0.2, 0.25) is 0 Å². The molecule has 1 atom stereocenters. The van der Waals surface area contributed by atoms with E-state index in [1.807, 2.05) is 0 Å². The molecule has 0 aromatic heterocycles. The molecule has 1 rings (SSSR count). The maximum Gasteiger partial charge on any atom is 0.0195 e. The zero-order valence-corrected chi connectivity index (χ0v) is 14.0. The number of rotatable bonds is 7. The van der Waals surface area contributed by atoms with Gasteiger partial charge >= 0.3 is 0 Å². The van der Waals surface area contributed by atoms with E-state index in [0.717, 1.165) is 19.0 Å². The third kappa shape index (κ3) is 6.24. The summed E-state index contributed by atoms with van der Waals surface area (Å²) in [5, 5.41) is 3.61. The van der Waals surface area contributed by atoms with Crippen LogP contribution in [0.3, 0.4) is 0 Å². The average Bonchev–Trinajstić information content (AvgIpc) is 2.27. The van der Waals surface area contributed by atoms with Gasteiger partial charge in [0.1, 0.15) is 0 Å². The lowest BCUT2D eigenvalue weighted by atomic mass is 9.91. The molecular weight excluding hydrogens is 234 g/mol. The van der Waals surface area contributed by atoms with E-state index in [-0.39, 0.29) is 0 Å². The highest BCUT2D eigenvalue weighted by molar-refractivity contribution is 4.83. The lowest BCUT2D eigenvalue weighted by molar-refractivity contribution is 0.0620. The third-order valence-corrected chi connectivity index (χ3v) is 4.06. The number of likely N-dealkylation sites (N-methyl/N-ethyl adjacent to an activating group) is 1. The minimum Gasteiger partial charge on any atom is -0.316 e. The summed E-state index contributed by atoms with van der Waals surface area (Å²) in [5.41, 5.74) is 0.364. The van der Waals surface area contributed by atoms with E-state index >= 15 is 0 Å². The van der Waals surface area contributed by atoms with Crippen molar-refractivity contribution >= 4 is 0 Å². The summed E-state index contributed by atoms with van der Waals surface area (Å²) in [6, 6.07) is 0.707. The Labute approximate surface area is 120 Å². The van der Waals surface area contributed by atoms with Crippen molar-refractivity contribution in [2.75, 3.05) is 45.8 Å². The molecule has 0 saturated carbocycles. The van der Waals surface area contributed by atoms with Gasteiger partial charge in [0, 0.05) is 38.8 Å². The average molecular weight is 269 g/mol. The van der Waals surface area contributed by atoms with Crippen LogP contribution < -0.4 is 5.32 Å². The van der Waals surface area contributed by atoms with Crippen molar-refractivity contribution in [3.05, 3.63) is 0 Å². The Bertz CT molecular complexity index is 250. The molecule has 0 amide bonds. The second kappa shape index (κ2) is 7.61. The predicted octanol–water partition coefficient (Wildman–Crippen LogP) is 2.28. The SMILES string of the molecule is CCN1CCN(CC(C)(C)CNCC(C)C)CC1C. The molecule has 1 heterocycles. The maximum absolute atomic E-state index is 3.61. The van der Waals surface area contributed by atoms with Gasteiger partial charge in [-0.3, -0.25) is 9.80 Å². The molecule has 3 heteroatoms. The first-order valence-corrected chi connectivity index (χ1v) is 8.01. The third-order valence-electron chi connectivity index (χ3n) is 4.06. The predicted molar refractivity (Wildman–Crippen MR) is 84.6 cm³/mol. The quantitative estimate of drug-likeness (QED) is 0.765. The van der Waals surface area contributed by atoms with E-state index in [1.165, 1.54) is 32.7 Å². The van der Waals surface area contributed by atoms with E-state index in [9.17, 15) is 0 Å². The summed E-state index contributed by atoms with van der Waals surface area (Å²) in [4.78, 5) is 5.23. The summed E-state index contributed by atoms with van der Waals surface area (Å²) in [6.07, 6.45) is 0. The van der Waals surface area contributed by atoms with Crippen LogP contribution in [-0.4, -0.2) is 61.7 Å². The normalized spacial score (nSPS) is 23.2. The Morgan fingerprint density at radius 3 is 2.47 bits per heavy atom. The molecule has 0 spiro atoms. The molecule has 1 aliphatic heterocycles. The molecular formula is C16H35N3. The fraction of sp³-hybridized carbons (Fsp3) is 1.00. The lowest BCUT2D eigenvalue weighted by Crippen LogP contribution is -2.54. The topological polar surface area (TPSA) is 18.5 Å². The van der Waals surface area contributed by atoms with Crippen molar-refractivity contribution in [3.63, 3.8) is 0 Å². The van der Waals surface area contributed by atoms with Crippen LogP contribution in [0.5, 0.6) is 0 Å². The molecule has 0 aliphatic carbocycles.